The lowest BCUT2D eigenvalue weighted by Gasteiger charge is -2.12. The van der Waals surface area contributed by atoms with Crippen molar-refractivity contribution < 1.29 is 9.72 Å². The van der Waals surface area contributed by atoms with Gasteiger partial charge in [-0.15, -0.1) is 0 Å². The van der Waals surface area contributed by atoms with Gasteiger partial charge in [0.25, 0.3) is 5.69 Å². The molecule has 8 nitrogen and oxygen atoms in total. The van der Waals surface area contributed by atoms with Crippen LogP contribution in [0.4, 0.5) is 11.5 Å². The monoisotopic (exact) mass is 417 g/mol. The van der Waals surface area contributed by atoms with Crippen LogP contribution in [0.1, 0.15) is 12.0 Å². The highest BCUT2D eigenvalue weighted by Gasteiger charge is 2.26. The SMILES string of the molecule is Cc1ccc([N+](=O)[O-])cc1-c1ccnc(-c2ccnc(NC(=O)C3CCN(C)C3)c2)c1. The van der Waals surface area contributed by atoms with Crippen molar-refractivity contribution in [2.24, 2.45) is 5.92 Å². The van der Waals surface area contributed by atoms with Crippen molar-refractivity contribution in [2.75, 3.05) is 25.5 Å². The normalized spacial score (nSPS) is 16.3. The zero-order chi connectivity index (χ0) is 22.0. The van der Waals surface area contributed by atoms with Crippen molar-refractivity contribution in [3.05, 3.63) is 70.5 Å². The number of rotatable bonds is 5. The van der Waals surface area contributed by atoms with Crippen LogP contribution < -0.4 is 5.32 Å². The third kappa shape index (κ3) is 4.59. The molecule has 0 aliphatic carbocycles. The van der Waals surface area contributed by atoms with Crippen molar-refractivity contribution in [2.45, 2.75) is 13.3 Å². The first kappa shape index (κ1) is 20.6. The fraction of sp³-hybridized carbons (Fsp3) is 0.261. The fourth-order valence-electron chi connectivity index (χ4n) is 3.83. The molecule has 2 aromatic heterocycles. The van der Waals surface area contributed by atoms with Crippen LogP contribution in [-0.2, 0) is 4.79 Å². The summed E-state index contributed by atoms with van der Waals surface area (Å²) in [5.41, 5.74) is 4.10. The molecular formula is C23H23N5O3. The summed E-state index contributed by atoms with van der Waals surface area (Å²) in [5, 5.41) is 14.1. The lowest BCUT2D eigenvalue weighted by molar-refractivity contribution is -0.384. The molecule has 158 valence electrons. The number of hydrogen-bond acceptors (Lipinski definition) is 6. The summed E-state index contributed by atoms with van der Waals surface area (Å²) in [4.78, 5) is 34.2. The van der Waals surface area contributed by atoms with Gasteiger partial charge in [-0.2, -0.15) is 0 Å². The smallest absolute Gasteiger partial charge is 0.270 e. The molecular weight excluding hydrogens is 394 g/mol. The molecule has 0 saturated carbocycles. The number of aromatic nitrogens is 2. The summed E-state index contributed by atoms with van der Waals surface area (Å²) in [6.45, 7) is 3.58. The zero-order valence-electron chi connectivity index (χ0n) is 17.4. The molecule has 1 aliphatic rings. The predicted octanol–water partition coefficient (Wildman–Crippen LogP) is 3.92. The lowest BCUT2D eigenvalue weighted by Crippen LogP contribution is -2.25. The number of pyridine rings is 2. The standard InChI is InChI=1S/C23H23N5O3/c1-15-3-4-19(28(30)31)13-20(15)16-5-8-24-21(11-16)17-6-9-25-22(12-17)26-23(29)18-7-10-27(2)14-18/h3-6,8-9,11-13,18H,7,10,14H2,1-2H3,(H,25,26,29). The van der Waals surface area contributed by atoms with Crippen LogP contribution in [-0.4, -0.2) is 45.8 Å². The summed E-state index contributed by atoms with van der Waals surface area (Å²) in [7, 11) is 2.01. The van der Waals surface area contributed by atoms with E-state index in [1.54, 1.807) is 30.6 Å². The molecule has 1 aromatic carbocycles. The first-order chi connectivity index (χ1) is 14.9. The van der Waals surface area contributed by atoms with E-state index in [1.807, 2.05) is 32.2 Å². The van der Waals surface area contributed by atoms with Gasteiger partial charge in [-0.3, -0.25) is 19.9 Å². The molecule has 0 bridgehead atoms. The Morgan fingerprint density at radius 3 is 2.65 bits per heavy atom. The molecule has 1 saturated heterocycles. The molecule has 1 atom stereocenters. The number of anilines is 1. The maximum atomic E-state index is 12.5. The number of likely N-dealkylation sites (tertiary alicyclic amines) is 1. The number of benzene rings is 1. The Balaban J connectivity index is 1.60. The highest BCUT2D eigenvalue weighted by Crippen LogP contribution is 2.30. The average molecular weight is 417 g/mol. The van der Waals surface area contributed by atoms with E-state index in [1.165, 1.54) is 6.07 Å². The number of nitrogens with one attached hydrogen (secondary N) is 1. The van der Waals surface area contributed by atoms with Crippen LogP contribution in [0.15, 0.2) is 54.9 Å². The maximum absolute atomic E-state index is 12.5. The van der Waals surface area contributed by atoms with Crippen LogP contribution in [0.2, 0.25) is 0 Å². The van der Waals surface area contributed by atoms with Crippen molar-refractivity contribution in [1.29, 1.82) is 0 Å². The second-order valence-electron chi connectivity index (χ2n) is 7.85. The molecule has 0 radical (unpaired) electrons. The summed E-state index contributed by atoms with van der Waals surface area (Å²) in [5.74, 6) is 0.424. The number of carbonyl (C=O) groups excluding carboxylic acids is 1. The van der Waals surface area contributed by atoms with Gasteiger partial charge < -0.3 is 10.2 Å². The molecule has 3 aromatic rings. The molecule has 31 heavy (non-hydrogen) atoms. The molecule has 1 aliphatic heterocycles. The van der Waals surface area contributed by atoms with E-state index in [4.69, 9.17) is 0 Å². The van der Waals surface area contributed by atoms with Crippen LogP contribution >= 0.6 is 0 Å². The number of amides is 1. The highest BCUT2D eigenvalue weighted by molar-refractivity contribution is 5.92. The van der Waals surface area contributed by atoms with Gasteiger partial charge in [0.1, 0.15) is 5.82 Å². The first-order valence-electron chi connectivity index (χ1n) is 10.1. The van der Waals surface area contributed by atoms with E-state index in [2.05, 4.69) is 20.2 Å². The Morgan fingerprint density at radius 2 is 1.90 bits per heavy atom. The van der Waals surface area contributed by atoms with E-state index in [0.29, 0.717) is 11.5 Å². The summed E-state index contributed by atoms with van der Waals surface area (Å²) in [6.07, 6.45) is 4.16. The molecule has 1 unspecified atom stereocenters. The molecule has 1 amide bonds. The van der Waals surface area contributed by atoms with Gasteiger partial charge in [0.15, 0.2) is 0 Å². The Labute approximate surface area is 180 Å². The minimum Gasteiger partial charge on any atom is -0.310 e. The number of non-ortho nitro benzene ring substituents is 1. The van der Waals surface area contributed by atoms with Crippen LogP contribution in [0, 0.1) is 23.0 Å². The van der Waals surface area contributed by atoms with Gasteiger partial charge in [0.2, 0.25) is 5.91 Å². The summed E-state index contributed by atoms with van der Waals surface area (Å²) in [6, 6.07) is 12.2. The fourth-order valence-corrected chi connectivity index (χ4v) is 3.83. The van der Waals surface area contributed by atoms with E-state index in [0.717, 1.165) is 41.8 Å². The van der Waals surface area contributed by atoms with Gasteiger partial charge in [-0.25, -0.2) is 4.98 Å². The van der Waals surface area contributed by atoms with Crippen molar-refractivity contribution >= 4 is 17.4 Å². The van der Waals surface area contributed by atoms with E-state index >= 15 is 0 Å². The molecule has 3 heterocycles. The van der Waals surface area contributed by atoms with Crippen LogP contribution in [0.3, 0.4) is 0 Å². The van der Waals surface area contributed by atoms with Gasteiger partial charge in [0, 0.05) is 36.6 Å². The van der Waals surface area contributed by atoms with Crippen molar-refractivity contribution in [3.8, 4) is 22.4 Å². The second kappa shape index (κ2) is 8.61. The number of aryl methyl sites for hydroxylation is 1. The largest absolute Gasteiger partial charge is 0.310 e. The number of nitrogens with zero attached hydrogens (tertiary/aromatic N) is 4. The Bertz CT molecular complexity index is 1150. The predicted molar refractivity (Wildman–Crippen MR) is 119 cm³/mol. The van der Waals surface area contributed by atoms with E-state index in [9.17, 15) is 14.9 Å². The van der Waals surface area contributed by atoms with Crippen LogP contribution in [0.5, 0.6) is 0 Å². The number of carbonyl (C=O) groups is 1. The number of hydrogen-bond donors (Lipinski definition) is 1. The number of nitro benzene ring substituents is 1. The summed E-state index contributed by atoms with van der Waals surface area (Å²) < 4.78 is 0. The summed E-state index contributed by atoms with van der Waals surface area (Å²) >= 11 is 0. The Kier molecular flexibility index (Phi) is 5.73. The molecule has 1 fully saturated rings. The minimum absolute atomic E-state index is 0.0251. The average Bonchev–Trinajstić information content (AvgIpc) is 3.21. The first-order valence-corrected chi connectivity index (χ1v) is 10.1. The van der Waals surface area contributed by atoms with Gasteiger partial charge >= 0.3 is 0 Å². The maximum Gasteiger partial charge on any atom is 0.270 e. The van der Waals surface area contributed by atoms with Gasteiger partial charge in [0.05, 0.1) is 16.5 Å². The number of nitro groups is 1. The van der Waals surface area contributed by atoms with Crippen molar-refractivity contribution in [1.82, 2.24) is 14.9 Å². The Hall–Kier alpha value is -3.65. The third-order valence-electron chi connectivity index (χ3n) is 5.57. The lowest BCUT2D eigenvalue weighted by atomic mass is 9.99. The van der Waals surface area contributed by atoms with Gasteiger partial charge in [-0.1, -0.05) is 6.07 Å². The van der Waals surface area contributed by atoms with Gasteiger partial charge in [-0.05, 0) is 67.9 Å². The van der Waals surface area contributed by atoms with E-state index in [-0.39, 0.29) is 17.5 Å². The van der Waals surface area contributed by atoms with Crippen LogP contribution in [0.25, 0.3) is 22.4 Å². The van der Waals surface area contributed by atoms with Crippen molar-refractivity contribution in [3.63, 3.8) is 0 Å². The quantitative estimate of drug-likeness (QED) is 0.499. The molecule has 4 rings (SSSR count). The minimum atomic E-state index is -0.398. The molecule has 1 N–H and O–H groups in total. The second-order valence-corrected chi connectivity index (χ2v) is 7.85. The Morgan fingerprint density at radius 1 is 1.13 bits per heavy atom. The van der Waals surface area contributed by atoms with E-state index < -0.39 is 4.92 Å². The molecule has 0 spiro atoms. The highest BCUT2D eigenvalue weighted by atomic mass is 16.6. The molecule has 8 heteroatoms. The third-order valence-corrected chi connectivity index (χ3v) is 5.57. The topological polar surface area (TPSA) is 101 Å². The zero-order valence-corrected chi connectivity index (χ0v) is 17.4.